The van der Waals surface area contributed by atoms with Gasteiger partial charge in [0.25, 0.3) is 0 Å². The molecular formula is C36H26N2. The maximum absolute atomic E-state index is 2.41. The Morgan fingerprint density at radius 2 is 0.921 bits per heavy atom. The van der Waals surface area contributed by atoms with Gasteiger partial charge in [-0.3, -0.25) is 0 Å². The van der Waals surface area contributed by atoms with Gasteiger partial charge >= 0.3 is 0 Å². The van der Waals surface area contributed by atoms with E-state index in [1.807, 2.05) is 0 Å². The number of rotatable bonds is 5. The molecule has 1 heterocycles. The first-order chi connectivity index (χ1) is 18.9. The van der Waals surface area contributed by atoms with Crippen LogP contribution in [0.15, 0.2) is 158 Å². The zero-order chi connectivity index (χ0) is 25.3. The summed E-state index contributed by atoms with van der Waals surface area (Å²) in [7, 11) is 0. The van der Waals surface area contributed by atoms with Crippen molar-refractivity contribution >= 4 is 38.9 Å². The molecule has 0 bridgehead atoms. The predicted octanol–water partition coefficient (Wildman–Crippen LogP) is 9.92. The second-order valence-corrected chi connectivity index (χ2v) is 9.45. The highest BCUT2D eigenvalue weighted by atomic mass is 15.2. The summed E-state index contributed by atoms with van der Waals surface area (Å²) in [6, 6.07) is 56.1. The van der Waals surface area contributed by atoms with Crippen molar-refractivity contribution in [1.82, 2.24) is 4.57 Å². The van der Waals surface area contributed by atoms with Gasteiger partial charge in [-0.25, -0.2) is 0 Å². The lowest BCUT2D eigenvalue weighted by atomic mass is 10.1. The maximum Gasteiger partial charge on any atom is 0.0782 e. The van der Waals surface area contributed by atoms with Crippen molar-refractivity contribution in [3.05, 3.63) is 158 Å². The van der Waals surface area contributed by atoms with Crippen molar-refractivity contribution in [3.8, 4) is 16.8 Å². The van der Waals surface area contributed by atoms with Gasteiger partial charge in [-0.2, -0.15) is 0 Å². The lowest BCUT2D eigenvalue weighted by Crippen LogP contribution is -2.11. The number of nitrogens with zero attached hydrogens (tertiary/aromatic N) is 2. The van der Waals surface area contributed by atoms with Crippen molar-refractivity contribution in [2.75, 3.05) is 4.90 Å². The second-order valence-electron chi connectivity index (χ2n) is 9.45. The standard InChI is InChI=1S/C36H26N2/c1-4-13-27(14-5-1)28-23-25-31(26-24-28)38-34-21-11-10-19-32(34)33-20-12-22-35(36(33)38)37(29-15-6-2-7-16-29)30-17-8-3-9-18-30/h1-26H. The van der Waals surface area contributed by atoms with Gasteiger partial charge in [0, 0.05) is 27.8 Å². The molecular weight excluding hydrogens is 460 g/mol. The monoisotopic (exact) mass is 486 g/mol. The van der Waals surface area contributed by atoms with E-state index in [-0.39, 0.29) is 0 Å². The molecule has 180 valence electrons. The van der Waals surface area contributed by atoms with Gasteiger partial charge in [-0.1, -0.05) is 109 Å². The minimum atomic E-state index is 1.13. The Hall–Kier alpha value is -5.08. The molecule has 7 rings (SSSR count). The van der Waals surface area contributed by atoms with Crippen molar-refractivity contribution < 1.29 is 0 Å². The molecule has 6 aromatic carbocycles. The number of fused-ring (bicyclic) bond motifs is 3. The smallest absolute Gasteiger partial charge is 0.0782 e. The van der Waals surface area contributed by atoms with E-state index >= 15 is 0 Å². The van der Waals surface area contributed by atoms with Gasteiger partial charge < -0.3 is 9.47 Å². The van der Waals surface area contributed by atoms with Gasteiger partial charge in [0.2, 0.25) is 0 Å². The second kappa shape index (κ2) is 9.42. The van der Waals surface area contributed by atoms with Crippen LogP contribution in [0.3, 0.4) is 0 Å². The number of anilines is 3. The Labute approximate surface area is 222 Å². The summed E-state index contributed by atoms with van der Waals surface area (Å²) in [6.45, 7) is 0. The van der Waals surface area contributed by atoms with Gasteiger partial charge in [0.05, 0.1) is 16.7 Å². The third kappa shape index (κ3) is 3.75. The van der Waals surface area contributed by atoms with Crippen LogP contribution in [0.2, 0.25) is 0 Å². The van der Waals surface area contributed by atoms with Crippen LogP contribution in [0, 0.1) is 0 Å². The van der Waals surface area contributed by atoms with E-state index < -0.39 is 0 Å². The number of para-hydroxylation sites is 4. The molecule has 0 aliphatic heterocycles. The van der Waals surface area contributed by atoms with Crippen LogP contribution in [0.5, 0.6) is 0 Å². The van der Waals surface area contributed by atoms with Crippen LogP contribution < -0.4 is 4.90 Å². The zero-order valence-corrected chi connectivity index (χ0v) is 20.9. The molecule has 0 saturated heterocycles. The first-order valence-corrected chi connectivity index (χ1v) is 13.0. The van der Waals surface area contributed by atoms with Crippen molar-refractivity contribution in [2.45, 2.75) is 0 Å². The molecule has 0 unspecified atom stereocenters. The molecule has 0 spiro atoms. The van der Waals surface area contributed by atoms with Crippen LogP contribution in [0.1, 0.15) is 0 Å². The normalized spacial score (nSPS) is 11.2. The molecule has 0 saturated carbocycles. The Kier molecular flexibility index (Phi) is 5.49. The van der Waals surface area contributed by atoms with Crippen LogP contribution in [0.25, 0.3) is 38.6 Å². The van der Waals surface area contributed by atoms with E-state index in [1.165, 1.54) is 32.9 Å². The summed E-state index contributed by atoms with van der Waals surface area (Å²) < 4.78 is 2.41. The predicted molar refractivity (Wildman–Crippen MR) is 161 cm³/mol. The summed E-state index contributed by atoms with van der Waals surface area (Å²) in [5.74, 6) is 0. The fraction of sp³-hybridized carbons (Fsp3) is 0. The first kappa shape index (κ1) is 22.1. The zero-order valence-electron chi connectivity index (χ0n) is 20.9. The molecule has 2 nitrogen and oxygen atoms in total. The molecule has 38 heavy (non-hydrogen) atoms. The number of hydrogen-bond acceptors (Lipinski definition) is 1. The molecule has 0 atom stereocenters. The van der Waals surface area contributed by atoms with E-state index in [2.05, 4.69) is 167 Å². The first-order valence-electron chi connectivity index (χ1n) is 13.0. The SMILES string of the molecule is c1ccc(-c2ccc(-n3c4ccccc4c4cccc(N(c5ccccc5)c5ccccc5)c43)cc2)cc1. The molecule has 0 N–H and O–H groups in total. The average molecular weight is 487 g/mol. The minimum absolute atomic E-state index is 1.13. The van der Waals surface area contributed by atoms with Gasteiger partial charge in [-0.15, -0.1) is 0 Å². The lowest BCUT2D eigenvalue weighted by Gasteiger charge is -2.27. The average Bonchev–Trinajstić information content (AvgIpc) is 3.34. The number of aromatic nitrogens is 1. The molecule has 0 aliphatic carbocycles. The Morgan fingerprint density at radius 3 is 1.58 bits per heavy atom. The third-order valence-corrected chi connectivity index (χ3v) is 7.18. The van der Waals surface area contributed by atoms with Crippen LogP contribution in [0.4, 0.5) is 17.1 Å². The fourth-order valence-electron chi connectivity index (χ4n) is 5.46. The maximum atomic E-state index is 2.41. The highest BCUT2D eigenvalue weighted by Crippen LogP contribution is 2.43. The highest BCUT2D eigenvalue weighted by molar-refractivity contribution is 6.14. The number of hydrogen-bond donors (Lipinski definition) is 0. The highest BCUT2D eigenvalue weighted by Gasteiger charge is 2.20. The molecule has 0 aliphatic rings. The van der Waals surface area contributed by atoms with Gasteiger partial charge in [0.15, 0.2) is 0 Å². The topological polar surface area (TPSA) is 8.17 Å². The van der Waals surface area contributed by atoms with Gasteiger partial charge in [0.1, 0.15) is 0 Å². The molecule has 0 radical (unpaired) electrons. The van der Waals surface area contributed by atoms with Crippen molar-refractivity contribution in [1.29, 1.82) is 0 Å². The summed E-state index contributed by atoms with van der Waals surface area (Å²) in [4.78, 5) is 2.36. The largest absolute Gasteiger partial charge is 0.308 e. The summed E-state index contributed by atoms with van der Waals surface area (Å²) in [6.07, 6.45) is 0. The summed E-state index contributed by atoms with van der Waals surface area (Å²) in [5.41, 5.74) is 9.36. The summed E-state index contributed by atoms with van der Waals surface area (Å²) >= 11 is 0. The number of benzene rings is 6. The molecule has 1 aromatic heterocycles. The minimum Gasteiger partial charge on any atom is -0.308 e. The summed E-state index contributed by atoms with van der Waals surface area (Å²) in [5, 5.41) is 2.49. The Balaban J connectivity index is 1.51. The van der Waals surface area contributed by atoms with Crippen LogP contribution in [-0.2, 0) is 0 Å². The molecule has 7 aromatic rings. The molecule has 0 amide bonds. The Morgan fingerprint density at radius 1 is 0.395 bits per heavy atom. The molecule has 2 heteroatoms. The quantitative estimate of drug-likeness (QED) is 0.235. The van der Waals surface area contributed by atoms with Crippen LogP contribution >= 0.6 is 0 Å². The molecule has 0 fully saturated rings. The van der Waals surface area contributed by atoms with E-state index in [4.69, 9.17) is 0 Å². The van der Waals surface area contributed by atoms with Crippen molar-refractivity contribution in [3.63, 3.8) is 0 Å². The fourth-order valence-corrected chi connectivity index (χ4v) is 5.46. The van der Waals surface area contributed by atoms with Crippen molar-refractivity contribution in [2.24, 2.45) is 0 Å². The van der Waals surface area contributed by atoms with Gasteiger partial charge in [-0.05, 0) is 59.7 Å². The van der Waals surface area contributed by atoms with E-state index in [9.17, 15) is 0 Å². The van der Waals surface area contributed by atoms with E-state index in [0.717, 1.165) is 22.7 Å². The lowest BCUT2D eigenvalue weighted by molar-refractivity contribution is 1.17. The third-order valence-electron chi connectivity index (χ3n) is 7.18. The van der Waals surface area contributed by atoms with Crippen LogP contribution in [-0.4, -0.2) is 4.57 Å². The van der Waals surface area contributed by atoms with E-state index in [0.29, 0.717) is 0 Å². The Bertz CT molecular complexity index is 1800. The van der Waals surface area contributed by atoms with E-state index in [1.54, 1.807) is 0 Å².